The van der Waals surface area contributed by atoms with Gasteiger partial charge in [-0.25, -0.2) is 8.78 Å². The van der Waals surface area contributed by atoms with Crippen molar-refractivity contribution < 1.29 is 13.5 Å². The van der Waals surface area contributed by atoms with Crippen LogP contribution in [0.1, 0.15) is 31.9 Å². The van der Waals surface area contributed by atoms with Crippen molar-refractivity contribution >= 4 is 0 Å². The van der Waals surface area contributed by atoms with Crippen molar-refractivity contribution in [3.05, 3.63) is 35.4 Å². The van der Waals surface area contributed by atoms with Crippen LogP contribution in [-0.4, -0.2) is 26.2 Å². The lowest BCUT2D eigenvalue weighted by Crippen LogP contribution is -2.20. The van der Waals surface area contributed by atoms with Crippen molar-refractivity contribution in [3.8, 4) is 0 Å². The predicted molar refractivity (Wildman–Crippen MR) is 73.7 cm³/mol. The molecule has 4 heteroatoms. The number of halogens is 2. The van der Waals surface area contributed by atoms with Crippen molar-refractivity contribution in [3.63, 3.8) is 0 Å². The molecular formula is C15H23F2NO. The van der Waals surface area contributed by atoms with E-state index in [-0.39, 0.29) is 5.41 Å². The van der Waals surface area contributed by atoms with Gasteiger partial charge in [0.05, 0.1) is 6.61 Å². The zero-order valence-corrected chi connectivity index (χ0v) is 11.9. The molecule has 0 radical (unpaired) electrons. The fourth-order valence-electron chi connectivity index (χ4n) is 1.67. The van der Waals surface area contributed by atoms with Gasteiger partial charge in [-0.2, -0.15) is 0 Å². The van der Waals surface area contributed by atoms with Gasteiger partial charge < -0.3 is 10.1 Å². The highest BCUT2D eigenvalue weighted by Gasteiger charge is 2.12. The third-order valence-corrected chi connectivity index (χ3v) is 2.82. The highest BCUT2D eigenvalue weighted by Crippen LogP contribution is 2.22. The van der Waals surface area contributed by atoms with Crippen LogP contribution in [-0.2, 0) is 16.7 Å². The molecular weight excluding hydrogens is 248 g/mol. The molecule has 0 saturated carbocycles. The van der Waals surface area contributed by atoms with E-state index in [0.717, 1.165) is 6.54 Å². The summed E-state index contributed by atoms with van der Waals surface area (Å²) in [6, 6.07) is 8.44. The van der Waals surface area contributed by atoms with Gasteiger partial charge in [0.1, 0.15) is 6.61 Å². The van der Waals surface area contributed by atoms with E-state index in [9.17, 15) is 8.78 Å². The maximum absolute atomic E-state index is 11.8. The van der Waals surface area contributed by atoms with Crippen LogP contribution in [0.3, 0.4) is 0 Å². The Kier molecular flexibility index (Phi) is 6.38. The number of nitrogens with one attached hydrogen (secondary N) is 1. The molecule has 0 heterocycles. The van der Waals surface area contributed by atoms with Crippen LogP contribution in [0, 0.1) is 0 Å². The number of alkyl halides is 2. The zero-order valence-electron chi connectivity index (χ0n) is 11.9. The number of hydrogen-bond acceptors (Lipinski definition) is 2. The van der Waals surface area contributed by atoms with Crippen molar-refractivity contribution in [2.75, 3.05) is 19.8 Å². The summed E-state index contributed by atoms with van der Waals surface area (Å²) in [5, 5.41) is 3.16. The summed E-state index contributed by atoms with van der Waals surface area (Å²) in [4.78, 5) is 0. The van der Waals surface area contributed by atoms with Crippen molar-refractivity contribution in [1.29, 1.82) is 0 Å². The van der Waals surface area contributed by atoms with Crippen LogP contribution < -0.4 is 5.32 Å². The summed E-state index contributed by atoms with van der Waals surface area (Å²) >= 11 is 0. The fraction of sp³-hybridized carbons (Fsp3) is 0.600. The maximum atomic E-state index is 11.8. The highest BCUT2D eigenvalue weighted by molar-refractivity contribution is 5.27. The average molecular weight is 271 g/mol. The van der Waals surface area contributed by atoms with Crippen LogP contribution in [0.5, 0.6) is 0 Å². The Balaban J connectivity index is 2.23. The van der Waals surface area contributed by atoms with E-state index in [1.54, 1.807) is 0 Å². The van der Waals surface area contributed by atoms with E-state index < -0.39 is 13.0 Å². The van der Waals surface area contributed by atoms with Gasteiger partial charge in [0, 0.05) is 13.1 Å². The minimum atomic E-state index is -2.38. The largest absolute Gasteiger partial charge is 0.374 e. The topological polar surface area (TPSA) is 21.3 Å². The minimum Gasteiger partial charge on any atom is -0.374 e. The van der Waals surface area contributed by atoms with Gasteiger partial charge in [0.2, 0.25) is 0 Å². The molecule has 0 amide bonds. The summed E-state index contributed by atoms with van der Waals surface area (Å²) in [6.45, 7) is 7.67. The molecule has 0 fully saturated rings. The Labute approximate surface area is 114 Å². The second-order valence-corrected chi connectivity index (χ2v) is 5.59. The molecule has 1 aromatic carbocycles. The molecule has 0 aliphatic heterocycles. The van der Waals surface area contributed by atoms with Gasteiger partial charge >= 0.3 is 0 Å². The van der Waals surface area contributed by atoms with E-state index in [4.69, 9.17) is 4.74 Å². The van der Waals surface area contributed by atoms with E-state index in [1.165, 1.54) is 11.1 Å². The van der Waals surface area contributed by atoms with Gasteiger partial charge in [-0.1, -0.05) is 45.0 Å². The van der Waals surface area contributed by atoms with Crippen LogP contribution in [0.2, 0.25) is 0 Å². The monoisotopic (exact) mass is 271 g/mol. The van der Waals surface area contributed by atoms with Crippen LogP contribution in [0.25, 0.3) is 0 Å². The van der Waals surface area contributed by atoms with E-state index >= 15 is 0 Å². The van der Waals surface area contributed by atoms with Crippen LogP contribution in [0.15, 0.2) is 24.3 Å². The molecule has 1 rings (SSSR count). The molecule has 0 saturated heterocycles. The maximum Gasteiger partial charge on any atom is 0.261 e. The molecule has 2 nitrogen and oxygen atoms in total. The molecule has 0 aliphatic carbocycles. The number of benzene rings is 1. The Morgan fingerprint density at radius 3 is 2.32 bits per heavy atom. The molecule has 0 aromatic heterocycles. The third kappa shape index (κ3) is 6.64. The molecule has 0 unspecified atom stereocenters. The highest BCUT2D eigenvalue weighted by atomic mass is 19.3. The second kappa shape index (κ2) is 7.56. The summed E-state index contributed by atoms with van der Waals surface area (Å²) in [5.74, 6) is 0. The summed E-state index contributed by atoms with van der Waals surface area (Å²) in [6.07, 6.45) is -2.38. The lowest BCUT2D eigenvalue weighted by molar-refractivity contribution is 0.0187. The van der Waals surface area contributed by atoms with Crippen LogP contribution in [0.4, 0.5) is 8.78 Å². The first kappa shape index (κ1) is 16.1. The van der Waals surface area contributed by atoms with Gasteiger partial charge in [-0.3, -0.25) is 0 Å². The van der Waals surface area contributed by atoms with E-state index in [2.05, 4.69) is 50.4 Å². The third-order valence-electron chi connectivity index (χ3n) is 2.82. The average Bonchev–Trinajstić information content (AvgIpc) is 2.32. The minimum absolute atomic E-state index is 0.162. The normalized spacial score (nSPS) is 12.1. The SMILES string of the molecule is CC(C)(C)c1ccc(CNCCOCC(F)F)cc1. The van der Waals surface area contributed by atoms with E-state index in [0.29, 0.717) is 13.2 Å². The Hall–Kier alpha value is -1.00. The van der Waals surface area contributed by atoms with Gasteiger partial charge in [-0.15, -0.1) is 0 Å². The standard InChI is InChI=1S/C15H23F2NO/c1-15(2,3)13-6-4-12(5-7-13)10-18-8-9-19-11-14(16)17/h4-7,14,18H,8-11H2,1-3H3. The number of ether oxygens (including phenoxy) is 1. The molecule has 1 N–H and O–H groups in total. The number of rotatable bonds is 7. The predicted octanol–water partition coefficient (Wildman–Crippen LogP) is 3.36. The van der Waals surface area contributed by atoms with Gasteiger partial charge in [-0.05, 0) is 16.5 Å². The quantitative estimate of drug-likeness (QED) is 0.768. The van der Waals surface area contributed by atoms with Gasteiger partial charge in [0.25, 0.3) is 6.43 Å². The molecule has 0 aliphatic rings. The summed E-state index contributed by atoms with van der Waals surface area (Å²) in [5.41, 5.74) is 2.65. The van der Waals surface area contributed by atoms with Crippen LogP contribution >= 0.6 is 0 Å². The molecule has 19 heavy (non-hydrogen) atoms. The lowest BCUT2D eigenvalue weighted by Gasteiger charge is -2.19. The molecule has 0 spiro atoms. The van der Waals surface area contributed by atoms with Crippen molar-refractivity contribution in [2.45, 2.75) is 39.2 Å². The summed E-state index contributed by atoms with van der Waals surface area (Å²) in [7, 11) is 0. The van der Waals surface area contributed by atoms with Crippen molar-refractivity contribution in [2.24, 2.45) is 0 Å². The molecule has 108 valence electrons. The Bertz CT molecular complexity index is 357. The zero-order chi connectivity index (χ0) is 14.3. The first-order valence-corrected chi connectivity index (χ1v) is 6.55. The molecule has 1 aromatic rings. The summed E-state index contributed by atoms with van der Waals surface area (Å²) < 4.78 is 28.4. The smallest absolute Gasteiger partial charge is 0.261 e. The molecule has 0 bridgehead atoms. The Morgan fingerprint density at radius 2 is 1.79 bits per heavy atom. The second-order valence-electron chi connectivity index (χ2n) is 5.59. The van der Waals surface area contributed by atoms with Gasteiger partial charge in [0.15, 0.2) is 0 Å². The number of hydrogen-bond donors (Lipinski definition) is 1. The Morgan fingerprint density at radius 1 is 1.16 bits per heavy atom. The fourth-order valence-corrected chi connectivity index (χ4v) is 1.67. The lowest BCUT2D eigenvalue weighted by atomic mass is 9.87. The van der Waals surface area contributed by atoms with Crippen molar-refractivity contribution in [1.82, 2.24) is 5.32 Å². The van der Waals surface area contributed by atoms with E-state index in [1.807, 2.05) is 0 Å². The molecule has 0 atom stereocenters. The first-order valence-electron chi connectivity index (χ1n) is 6.55. The first-order chi connectivity index (χ1) is 8.89.